The van der Waals surface area contributed by atoms with Crippen LogP contribution in [-0.2, 0) is 55.8 Å². The number of unbranched alkanes of at least 4 members (excludes halogenated alkanes) is 37. The molecule has 4 N–H and O–H groups in total. The molecule has 0 rings (SSSR count). The van der Waals surface area contributed by atoms with E-state index < -0.39 is 91.5 Å². The van der Waals surface area contributed by atoms with Gasteiger partial charge in [-0.2, -0.15) is 0 Å². The normalized spacial score (nSPS) is 14.5. The molecule has 0 saturated heterocycles. The molecular weight excluding hydrogens is 1410 g/mol. The largest absolute Gasteiger partial charge is 0.472 e. The molecular formula is C91H158O16P2. The van der Waals surface area contributed by atoms with E-state index >= 15 is 0 Å². The van der Waals surface area contributed by atoms with Crippen molar-refractivity contribution < 1.29 is 75.8 Å². The summed E-state index contributed by atoms with van der Waals surface area (Å²) in [6, 6.07) is 0. The first-order valence-corrected chi connectivity index (χ1v) is 46.5. The van der Waals surface area contributed by atoms with Crippen molar-refractivity contribution in [2.75, 3.05) is 39.6 Å². The number of aliphatic hydroxyl groups excluding tert-OH is 2. The molecule has 0 aliphatic rings. The molecule has 0 amide bonds. The van der Waals surface area contributed by atoms with Gasteiger partial charge in [-0.25, -0.2) is 9.13 Å². The van der Waals surface area contributed by atoms with E-state index in [0.29, 0.717) is 19.3 Å². The van der Waals surface area contributed by atoms with Crippen molar-refractivity contribution in [1.29, 1.82) is 0 Å². The van der Waals surface area contributed by atoms with Crippen molar-refractivity contribution in [1.82, 2.24) is 0 Å². The summed E-state index contributed by atoms with van der Waals surface area (Å²) in [6.07, 6.45) is 102. The second-order valence-electron chi connectivity index (χ2n) is 29.0. The molecule has 0 aromatic heterocycles. The van der Waals surface area contributed by atoms with Gasteiger partial charge in [0.25, 0.3) is 0 Å². The Hall–Kier alpha value is -4.31. The van der Waals surface area contributed by atoms with E-state index in [1.807, 2.05) is 0 Å². The third-order valence-electron chi connectivity index (χ3n) is 18.3. The maximum absolute atomic E-state index is 13.0. The number of carbonyl (C=O) groups is 3. The van der Waals surface area contributed by atoms with Crippen molar-refractivity contribution in [3.8, 4) is 0 Å². The number of hydrogen-bond donors (Lipinski definition) is 4. The van der Waals surface area contributed by atoms with Crippen LogP contribution in [0, 0.1) is 0 Å². The highest BCUT2D eigenvalue weighted by Crippen LogP contribution is 2.45. The second kappa shape index (κ2) is 83.1. The molecule has 0 aromatic rings. The topological polar surface area (TPSA) is 231 Å². The van der Waals surface area contributed by atoms with Crippen LogP contribution in [0.2, 0.25) is 0 Å². The lowest BCUT2D eigenvalue weighted by molar-refractivity contribution is -0.161. The summed E-state index contributed by atoms with van der Waals surface area (Å²) < 4.78 is 61.2. The molecule has 0 aromatic carbocycles. The van der Waals surface area contributed by atoms with Gasteiger partial charge in [0.15, 0.2) is 6.10 Å². The average molecular weight is 1570 g/mol. The van der Waals surface area contributed by atoms with Gasteiger partial charge >= 0.3 is 33.6 Å². The standard InChI is InChI=1S/C91H158O16P2/c1-4-7-10-13-16-19-22-25-28-30-32-34-36-37-38-39-40-41-42-43-44-45-46-47-49-51-52-54-57-59-62-65-68-71-74-77-89(94)101-80-86(92)81-103-108(97,98)104-82-87(93)83-105-109(99,100)106-85-88(107-91(96)79-76-73-70-67-64-61-56-27-24-21-18-15-12-9-6-3)84-102-90(95)78-75-72-69-66-63-60-58-55-53-50-48-35-33-31-29-26-23-20-17-14-11-8-5-2/h8,11,16-17,19-20,25-29,32-35,37-38,50,53,56,58,60,86-88,92-93H,4-7,9-10,12-15,18,21-24,30-31,36,39-49,51-52,54-55,57,59,61-85H2,1-3H3,(H,97,98)(H,99,100)/b11-8-,19-16-,20-17-,28-25-,29-26-,34-32-,35-33-,38-37-,53-50-,56-27-,60-58-. The van der Waals surface area contributed by atoms with Gasteiger partial charge in [0, 0.05) is 19.3 Å². The van der Waals surface area contributed by atoms with Crippen molar-refractivity contribution >= 4 is 33.6 Å². The predicted octanol–water partition coefficient (Wildman–Crippen LogP) is 26.2. The minimum atomic E-state index is -4.94. The maximum Gasteiger partial charge on any atom is 0.472 e. The first-order chi connectivity index (χ1) is 53.2. The van der Waals surface area contributed by atoms with Crippen LogP contribution in [0.25, 0.3) is 0 Å². The van der Waals surface area contributed by atoms with Gasteiger partial charge in [0.05, 0.1) is 26.4 Å². The molecule has 0 radical (unpaired) electrons. The highest BCUT2D eigenvalue weighted by Gasteiger charge is 2.29. The van der Waals surface area contributed by atoms with Crippen LogP contribution >= 0.6 is 15.6 Å². The molecule has 0 spiro atoms. The Morgan fingerprint density at radius 2 is 0.486 bits per heavy atom. The van der Waals surface area contributed by atoms with Gasteiger partial charge in [0.1, 0.15) is 25.4 Å². The minimum Gasteiger partial charge on any atom is -0.463 e. The van der Waals surface area contributed by atoms with Crippen LogP contribution in [0.3, 0.4) is 0 Å². The zero-order valence-electron chi connectivity index (χ0n) is 68.9. The molecule has 0 aliphatic heterocycles. The molecule has 0 bridgehead atoms. The van der Waals surface area contributed by atoms with E-state index in [1.165, 1.54) is 167 Å². The smallest absolute Gasteiger partial charge is 0.463 e. The van der Waals surface area contributed by atoms with E-state index in [4.69, 9.17) is 32.3 Å². The molecule has 0 saturated carbocycles. The van der Waals surface area contributed by atoms with E-state index in [0.717, 1.165) is 141 Å². The number of hydrogen-bond acceptors (Lipinski definition) is 14. The Kier molecular flexibility index (Phi) is 79.8. The highest BCUT2D eigenvalue weighted by molar-refractivity contribution is 7.47. The van der Waals surface area contributed by atoms with E-state index in [2.05, 4.69) is 154 Å². The molecule has 628 valence electrons. The zero-order valence-corrected chi connectivity index (χ0v) is 70.7. The van der Waals surface area contributed by atoms with Gasteiger partial charge in [-0.3, -0.25) is 32.5 Å². The summed E-state index contributed by atoms with van der Waals surface area (Å²) in [6.45, 7) is 2.53. The SMILES string of the molecule is CC/C=C\C/C=C\C/C=C\C/C=C\C/C=C\C/C=C\CCCCCCC(=O)OCC(COP(=O)(O)OCC(O)COP(=O)(O)OCC(O)COC(=O)CCCCCCCCCCCCCCCCCCCCC/C=C\C/C=C\C/C=C\C/C=C\CCCCC)OC(=O)CCCCCCC/C=C\CCCCCCCC. The molecule has 109 heavy (non-hydrogen) atoms. The van der Waals surface area contributed by atoms with Crippen LogP contribution < -0.4 is 0 Å². The number of phosphoric acid groups is 2. The van der Waals surface area contributed by atoms with E-state index in [1.54, 1.807) is 0 Å². The van der Waals surface area contributed by atoms with Gasteiger partial charge in [-0.15, -0.1) is 0 Å². The van der Waals surface area contributed by atoms with Crippen LogP contribution in [0.1, 0.15) is 367 Å². The third kappa shape index (κ3) is 84.4. The lowest BCUT2D eigenvalue weighted by atomic mass is 10.0. The molecule has 0 fully saturated rings. The summed E-state index contributed by atoms with van der Waals surface area (Å²) >= 11 is 0. The van der Waals surface area contributed by atoms with E-state index in [9.17, 15) is 43.5 Å². The monoisotopic (exact) mass is 1570 g/mol. The van der Waals surface area contributed by atoms with Crippen molar-refractivity contribution in [2.45, 2.75) is 386 Å². The summed E-state index contributed by atoms with van der Waals surface area (Å²) in [4.78, 5) is 58.8. The fourth-order valence-electron chi connectivity index (χ4n) is 11.7. The maximum atomic E-state index is 13.0. The van der Waals surface area contributed by atoms with Gasteiger partial charge < -0.3 is 34.2 Å². The van der Waals surface area contributed by atoms with Crippen LogP contribution in [0.5, 0.6) is 0 Å². The average Bonchev–Trinajstić information content (AvgIpc) is 0.916. The van der Waals surface area contributed by atoms with Crippen molar-refractivity contribution in [2.24, 2.45) is 0 Å². The van der Waals surface area contributed by atoms with Crippen LogP contribution in [0.15, 0.2) is 134 Å². The summed E-state index contributed by atoms with van der Waals surface area (Å²) in [7, 11) is -9.80. The number of allylic oxidation sites excluding steroid dienone is 22. The second-order valence-corrected chi connectivity index (χ2v) is 31.9. The number of carbonyl (C=O) groups excluding carboxylic acids is 3. The molecule has 5 unspecified atom stereocenters. The molecule has 5 atom stereocenters. The number of ether oxygens (including phenoxy) is 3. The number of phosphoric ester groups is 2. The molecule has 0 aliphatic carbocycles. The van der Waals surface area contributed by atoms with E-state index in [-0.39, 0.29) is 19.3 Å². The fraction of sp³-hybridized carbons (Fsp3) is 0.725. The summed E-state index contributed by atoms with van der Waals surface area (Å²) in [5, 5.41) is 20.7. The van der Waals surface area contributed by atoms with Gasteiger partial charge in [0.2, 0.25) is 0 Å². The van der Waals surface area contributed by atoms with Crippen LogP contribution in [0.4, 0.5) is 0 Å². The minimum absolute atomic E-state index is 0.0867. The lowest BCUT2D eigenvalue weighted by Crippen LogP contribution is -2.30. The fourth-order valence-corrected chi connectivity index (χ4v) is 13.3. The summed E-state index contributed by atoms with van der Waals surface area (Å²) in [5.74, 6) is -1.61. The quantitative estimate of drug-likeness (QED) is 0.0146. The van der Waals surface area contributed by atoms with Crippen LogP contribution in [-0.4, -0.2) is 95.9 Å². The Morgan fingerprint density at radius 1 is 0.266 bits per heavy atom. The lowest BCUT2D eigenvalue weighted by Gasteiger charge is -2.21. The zero-order chi connectivity index (χ0) is 79.4. The molecule has 0 heterocycles. The number of esters is 3. The highest BCUT2D eigenvalue weighted by atomic mass is 31.2. The molecule has 16 nitrogen and oxygen atoms in total. The first-order valence-electron chi connectivity index (χ1n) is 43.5. The number of rotatable bonds is 82. The van der Waals surface area contributed by atoms with Gasteiger partial charge in [-0.05, 0) is 141 Å². The predicted molar refractivity (Wildman–Crippen MR) is 454 cm³/mol. The Labute approximate surface area is 665 Å². The third-order valence-corrected chi connectivity index (χ3v) is 20.2. The Bertz CT molecular complexity index is 2510. The number of aliphatic hydroxyl groups is 2. The Balaban J connectivity index is 4.44. The Morgan fingerprint density at radius 3 is 0.798 bits per heavy atom. The van der Waals surface area contributed by atoms with Crippen molar-refractivity contribution in [3.63, 3.8) is 0 Å². The molecule has 18 heteroatoms. The van der Waals surface area contributed by atoms with Gasteiger partial charge in [-0.1, -0.05) is 341 Å². The van der Waals surface area contributed by atoms with Crippen molar-refractivity contribution in [3.05, 3.63) is 134 Å². The first kappa shape index (κ1) is 105. The summed E-state index contributed by atoms with van der Waals surface area (Å²) in [5.41, 5.74) is 0.